The molecule has 4 rings (SSSR count). The van der Waals surface area contributed by atoms with E-state index in [0.717, 1.165) is 25.7 Å². The predicted molar refractivity (Wildman–Crippen MR) is 67.9 cm³/mol. The van der Waals surface area contributed by atoms with Crippen LogP contribution in [0.4, 0.5) is 0 Å². The van der Waals surface area contributed by atoms with Gasteiger partial charge in [-0.2, -0.15) is 0 Å². The Morgan fingerprint density at radius 3 is 1.11 bits per heavy atom. The van der Waals surface area contributed by atoms with Crippen LogP contribution in [0.25, 0.3) is 0 Å². The molecule has 0 spiro atoms. The molecular weight excluding hydrogens is 224 g/mol. The van der Waals surface area contributed by atoms with E-state index >= 15 is 0 Å². The summed E-state index contributed by atoms with van der Waals surface area (Å²) < 4.78 is 0. The molecule has 18 heavy (non-hydrogen) atoms. The highest BCUT2D eigenvalue weighted by Crippen LogP contribution is 2.59. The van der Waals surface area contributed by atoms with E-state index in [9.17, 15) is 9.59 Å². The zero-order valence-corrected chi connectivity index (χ0v) is 10.9. The minimum absolute atomic E-state index is 0.263. The van der Waals surface area contributed by atoms with Crippen LogP contribution in [-0.2, 0) is 9.59 Å². The van der Waals surface area contributed by atoms with E-state index in [1.54, 1.807) is 0 Å². The normalized spacial score (nSPS) is 50.9. The topological polar surface area (TPSA) is 34.1 Å². The summed E-state index contributed by atoms with van der Waals surface area (Å²) in [5.74, 6) is 3.08. The molecule has 4 fully saturated rings. The molecule has 0 aromatic carbocycles. The van der Waals surface area contributed by atoms with Crippen LogP contribution in [0.3, 0.4) is 0 Å². The smallest absolute Gasteiger partial charge is 0.139 e. The molecule has 2 nitrogen and oxygen atoms in total. The molecule has 4 atom stereocenters. The first-order chi connectivity index (χ1) is 8.79. The minimum Gasteiger partial charge on any atom is -0.299 e. The second-order valence-electron chi connectivity index (χ2n) is 6.95. The summed E-state index contributed by atoms with van der Waals surface area (Å²) in [7, 11) is 0. The van der Waals surface area contributed by atoms with Crippen molar-refractivity contribution in [3.8, 4) is 0 Å². The largest absolute Gasteiger partial charge is 0.299 e. The van der Waals surface area contributed by atoms with E-state index in [2.05, 4.69) is 0 Å². The van der Waals surface area contributed by atoms with Gasteiger partial charge >= 0.3 is 0 Å². The molecule has 4 saturated carbocycles. The van der Waals surface area contributed by atoms with Gasteiger partial charge in [-0.25, -0.2) is 0 Å². The molecule has 0 bridgehead atoms. The highest BCUT2D eigenvalue weighted by molar-refractivity contribution is 5.94. The van der Waals surface area contributed by atoms with Crippen LogP contribution in [-0.4, -0.2) is 11.6 Å². The summed E-state index contributed by atoms with van der Waals surface area (Å²) in [5.41, 5.74) is 0. The Hall–Kier alpha value is -0.660. The molecule has 0 aromatic rings. The van der Waals surface area contributed by atoms with E-state index in [0.29, 0.717) is 23.4 Å². The van der Waals surface area contributed by atoms with Crippen molar-refractivity contribution in [2.75, 3.05) is 0 Å². The first kappa shape index (κ1) is 11.2. The third kappa shape index (κ3) is 1.30. The Bertz CT molecular complexity index is 330. The van der Waals surface area contributed by atoms with Gasteiger partial charge in [0.25, 0.3) is 0 Å². The van der Waals surface area contributed by atoms with Gasteiger partial charge in [-0.1, -0.05) is 25.7 Å². The number of carbonyl (C=O) groups is 2. The van der Waals surface area contributed by atoms with Crippen molar-refractivity contribution in [1.82, 2.24) is 0 Å². The average molecular weight is 246 g/mol. The van der Waals surface area contributed by atoms with Crippen LogP contribution >= 0.6 is 0 Å². The highest BCUT2D eigenvalue weighted by Gasteiger charge is 2.62. The molecule has 0 aromatic heterocycles. The molecular formula is C16H22O2. The molecule has 0 amide bonds. The van der Waals surface area contributed by atoms with Gasteiger partial charge in [0.2, 0.25) is 0 Å². The maximum absolute atomic E-state index is 12.6. The number of Topliss-reactive ketones (excluding diaryl/α,β-unsaturated/α-hetero) is 2. The van der Waals surface area contributed by atoms with Crippen LogP contribution in [0.5, 0.6) is 0 Å². The Labute approximate surface area is 109 Å². The Kier molecular flexibility index (Phi) is 2.43. The lowest BCUT2D eigenvalue weighted by Gasteiger charge is -2.20. The summed E-state index contributed by atoms with van der Waals surface area (Å²) in [6.07, 6.45) is 8.98. The molecule has 4 aliphatic carbocycles. The Balaban J connectivity index is 1.80. The monoisotopic (exact) mass is 246 g/mol. The lowest BCUT2D eigenvalue weighted by Crippen LogP contribution is -2.25. The van der Waals surface area contributed by atoms with Crippen molar-refractivity contribution in [3.63, 3.8) is 0 Å². The van der Waals surface area contributed by atoms with Crippen molar-refractivity contribution < 1.29 is 9.59 Å². The molecule has 0 saturated heterocycles. The van der Waals surface area contributed by atoms with Gasteiger partial charge in [-0.05, 0) is 37.5 Å². The lowest BCUT2D eigenvalue weighted by atomic mass is 9.81. The highest BCUT2D eigenvalue weighted by atomic mass is 16.1. The fourth-order valence-electron chi connectivity index (χ4n) is 5.74. The number of ketones is 2. The van der Waals surface area contributed by atoms with Crippen molar-refractivity contribution in [1.29, 1.82) is 0 Å². The van der Waals surface area contributed by atoms with Crippen molar-refractivity contribution in [2.45, 2.75) is 51.4 Å². The van der Waals surface area contributed by atoms with E-state index in [1.807, 2.05) is 0 Å². The van der Waals surface area contributed by atoms with Gasteiger partial charge < -0.3 is 0 Å². The number of rotatable bonds is 0. The Morgan fingerprint density at radius 2 is 0.833 bits per heavy atom. The fraction of sp³-hybridized carbons (Fsp3) is 0.875. The van der Waals surface area contributed by atoms with E-state index in [4.69, 9.17) is 0 Å². The first-order valence-corrected chi connectivity index (χ1v) is 7.86. The van der Waals surface area contributed by atoms with Crippen molar-refractivity contribution in [2.24, 2.45) is 35.5 Å². The van der Waals surface area contributed by atoms with Crippen LogP contribution in [0.15, 0.2) is 0 Å². The average Bonchev–Trinajstić information content (AvgIpc) is 2.68. The summed E-state index contributed by atoms with van der Waals surface area (Å²) in [6, 6.07) is 0. The van der Waals surface area contributed by atoms with Gasteiger partial charge in [0.15, 0.2) is 0 Å². The zero-order valence-electron chi connectivity index (χ0n) is 10.9. The third-order valence-corrected chi connectivity index (χ3v) is 6.33. The summed E-state index contributed by atoms with van der Waals surface area (Å²) in [5, 5.41) is 0. The van der Waals surface area contributed by atoms with Gasteiger partial charge in [-0.15, -0.1) is 0 Å². The summed E-state index contributed by atoms with van der Waals surface area (Å²) in [6.45, 7) is 0. The maximum atomic E-state index is 12.6. The van der Waals surface area contributed by atoms with Crippen LogP contribution in [0.1, 0.15) is 51.4 Å². The molecule has 0 radical (unpaired) electrons. The van der Waals surface area contributed by atoms with E-state index < -0.39 is 0 Å². The Morgan fingerprint density at radius 1 is 0.556 bits per heavy atom. The second-order valence-corrected chi connectivity index (χ2v) is 6.95. The maximum Gasteiger partial charge on any atom is 0.139 e. The van der Waals surface area contributed by atoms with Gasteiger partial charge in [0, 0.05) is 23.7 Å². The molecule has 98 valence electrons. The van der Waals surface area contributed by atoms with Gasteiger partial charge in [0.1, 0.15) is 11.6 Å². The minimum atomic E-state index is 0.263. The number of hydrogen-bond acceptors (Lipinski definition) is 2. The second kappa shape index (κ2) is 3.91. The molecule has 0 N–H and O–H groups in total. The van der Waals surface area contributed by atoms with Gasteiger partial charge in [0.05, 0.1) is 0 Å². The fourth-order valence-corrected chi connectivity index (χ4v) is 5.74. The number of hydrogen-bond donors (Lipinski definition) is 0. The molecule has 0 heterocycles. The number of carbonyl (C=O) groups excluding carboxylic acids is 2. The summed E-state index contributed by atoms with van der Waals surface area (Å²) in [4.78, 5) is 25.3. The van der Waals surface area contributed by atoms with Crippen LogP contribution < -0.4 is 0 Å². The van der Waals surface area contributed by atoms with Crippen LogP contribution in [0.2, 0.25) is 0 Å². The van der Waals surface area contributed by atoms with Crippen molar-refractivity contribution >= 4 is 11.6 Å². The first-order valence-electron chi connectivity index (χ1n) is 7.86. The lowest BCUT2D eigenvalue weighted by molar-refractivity contribution is -0.128. The van der Waals surface area contributed by atoms with Crippen molar-refractivity contribution in [3.05, 3.63) is 0 Å². The van der Waals surface area contributed by atoms with Gasteiger partial charge in [-0.3, -0.25) is 9.59 Å². The third-order valence-electron chi connectivity index (χ3n) is 6.33. The SMILES string of the molecule is O=C1C2CCCCC3C(=O)C4CCCCC1C4C23. The summed E-state index contributed by atoms with van der Waals surface area (Å²) >= 11 is 0. The quantitative estimate of drug-likeness (QED) is 0.658. The zero-order chi connectivity index (χ0) is 12.3. The van der Waals surface area contributed by atoms with E-state index in [1.165, 1.54) is 25.7 Å². The molecule has 2 heteroatoms. The molecule has 0 aliphatic heterocycles. The van der Waals surface area contributed by atoms with Crippen LogP contribution in [0, 0.1) is 35.5 Å². The predicted octanol–water partition coefficient (Wildman–Crippen LogP) is 3.00. The standard InChI is InChI=1S/C16H22O2/c17-15-9-5-1-2-6-10-13(9)14-11(15)7-3-4-8-12(14)16(10)18/h9-14H,1-8H2. The molecule has 4 unspecified atom stereocenters. The van der Waals surface area contributed by atoms with E-state index in [-0.39, 0.29) is 23.7 Å². The molecule has 4 aliphatic rings.